The molecular weight excluding hydrogens is 519 g/mol. The second-order valence-corrected chi connectivity index (χ2v) is 12.7. The fraction of sp³-hybridized carbons (Fsp3) is 0.941. The highest BCUT2D eigenvalue weighted by atomic mass is 31.1. The topological polar surface area (TPSA) is 83.5 Å². The van der Waals surface area contributed by atoms with Crippen LogP contribution in [0.4, 0.5) is 0 Å². The van der Waals surface area contributed by atoms with Gasteiger partial charge in [-0.2, -0.15) is 0 Å². The van der Waals surface area contributed by atoms with E-state index in [1.54, 1.807) is 0 Å². The molecule has 5 nitrogen and oxygen atoms in total. The van der Waals surface area contributed by atoms with Gasteiger partial charge in [-0.05, 0) is 17.4 Å². The molecule has 0 N–H and O–H groups in total. The Kier molecular flexibility index (Phi) is 30.8. The lowest BCUT2D eigenvalue weighted by atomic mass is 9.99. The number of carbonyl (C=O) groups excluding carboxylic acids is 2. The molecule has 0 aliphatic rings. The first kappa shape index (κ1) is 39.4. The van der Waals surface area contributed by atoms with Crippen molar-refractivity contribution in [1.29, 1.82) is 0 Å². The highest BCUT2D eigenvalue weighted by Gasteiger charge is 2.27. The second kappa shape index (κ2) is 31.3. The molecule has 0 aromatic carbocycles. The van der Waals surface area contributed by atoms with Gasteiger partial charge < -0.3 is 4.89 Å². The minimum Gasteiger partial charge on any atom is -0.566 e. The first-order valence-corrected chi connectivity index (χ1v) is 18.5. The van der Waals surface area contributed by atoms with Crippen LogP contribution in [0.2, 0.25) is 0 Å². The van der Waals surface area contributed by atoms with Gasteiger partial charge in [0.2, 0.25) is 0 Å². The van der Waals surface area contributed by atoms with E-state index in [0.29, 0.717) is 6.42 Å². The Morgan fingerprint density at radius 2 is 0.825 bits per heavy atom. The smallest absolute Gasteiger partial charge is 0.489 e. The van der Waals surface area contributed by atoms with E-state index in [9.17, 15) is 19.0 Å². The van der Waals surface area contributed by atoms with E-state index in [2.05, 4.69) is 13.8 Å². The van der Waals surface area contributed by atoms with Gasteiger partial charge in [0, 0.05) is 19.3 Å². The summed E-state index contributed by atoms with van der Waals surface area (Å²) in [5.41, 5.74) is 0. The predicted molar refractivity (Wildman–Crippen MR) is 168 cm³/mol. The van der Waals surface area contributed by atoms with E-state index in [1.165, 1.54) is 128 Å². The Labute approximate surface area is 249 Å². The van der Waals surface area contributed by atoms with Crippen LogP contribution in [0.15, 0.2) is 0 Å². The van der Waals surface area contributed by atoms with E-state index in [0.717, 1.165) is 38.5 Å². The number of unbranched alkanes of at least 4 members (excludes halogenated alkanes) is 24. The molecule has 0 radical (unpaired) electrons. The summed E-state index contributed by atoms with van der Waals surface area (Å²) in [5.74, 6) is -0.315. The first-order valence-electron chi connectivity index (χ1n) is 17.4. The maximum Gasteiger partial charge on any atom is 0.489 e. The maximum absolute atomic E-state index is 12.6. The van der Waals surface area contributed by atoms with Gasteiger partial charge in [0.1, 0.15) is 5.78 Å². The van der Waals surface area contributed by atoms with Gasteiger partial charge in [0.15, 0.2) is 11.9 Å². The van der Waals surface area contributed by atoms with E-state index in [-0.39, 0.29) is 24.4 Å². The summed E-state index contributed by atoms with van der Waals surface area (Å²) in [6, 6.07) is 0. The van der Waals surface area contributed by atoms with Crippen LogP contribution in [0.1, 0.15) is 200 Å². The highest BCUT2D eigenvalue weighted by molar-refractivity contribution is 7.30. The summed E-state index contributed by atoms with van der Waals surface area (Å²) in [7, 11) is -3.14. The molecule has 0 fully saturated rings. The lowest BCUT2D eigenvalue weighted by molar-refractivity contribution is -0.190. The molecule has 40 heavy (non-hydrogen) atoms. The summed E-state index contributed by atoms with van der Waals surface area (Å²) in [5, 5.41) is 0. The number of rotatable bonds is 33. The molecule has 0 rings (SSSR count). The summed E-state index contributed by atoms with van der Waals surface area (Å²) < 4.78 is 16.0. The number of hydrogen-bond acceptors (Lipinski definition) is 5. The van der Waals surface area contributed by atoms with Crippen molar-refractivity contribution in [2.75, 3.05) is 0 Å². The third-order valence-corrected chi connectivity index (χ3v) is 8.50. The summed E-state index contributed by atoms with van der Waals surface area (Å²) >= 11 is 0. The van der Waals surface area contributed by atoms with E-state index < -0.39 is 14.4 Å². The second-order valence-electron chi connectivity index (χ2n) is 12.0. The van der Waals surface area contributed by atoms with Crippen molar-refractivity contribution in [2.24, 2.45) is 0 Å². The summed E-state index contributed by atoms with van der Waals surface area (Å²) in [6.07, 6.45) is 31.6. The number of ketones is 2. The maximum atomic E-state index is 12.6. The Hall–Kier alpha value is -0.640. The van der Waals surface area contributed by atoms with Crippen LogP contribution in [0, 0.1) is 0 Å². The van der Waals surface area contributed by atoms with Crippen LogP contribution in [-0.2, 0) is 18.7 Å². The Morgan fingerprint density at radius 3 is 1.15 bits per heavy atom. The highest BCUT2D eigenvalue weighted by Crippen LogP contribution is 2.21. The molecule has 0 spiro atoms. The monoisotopic (exact) mass is 584 g/mol. The van der Waals surface area contributed by atoms with Gasteiger partial charge in [-0.25, -0.2) is 0 Å². The molecular formula is C34H65O5P. The molecule has 0 aromatic heterocycles. The van der Waals surface area contributed by atoms with Gasteiger partial charge in [-0.15, -0.1) is 4.52 Å². The normalized spacial score (nSPS) is 12.5. The zero-order chi connectivity index (χ0) is 29.5. The molecule has 0 amide bonds. The number of carbonyl (C=O) groups is 2. The zero-order valence-electron chi connectivity index (χ0n) is 26.6. The summed E-state index contributed by atoms with van der Waals surface area (Å²) in [6.45, 7) is 4.50. The van der Waals surface area contributed by atoms with Crippen molar-refractivity contribution in [2.45, 2.75) is 206 Å². The molecule has 0 aliphatic heterocycles. The van der Waals surface area contributed by atoms with Crippen LogP contribution in [-0.4, -0.2) is 17.7 Å². The number of hydrogen-bond donors (Lipinski definition) is 0. The molecule has 0 saturated heterocycles. The quantitative estimate of drug-likeness (QED) is 0.0566. The molecule has 0 bridgehead atoms. The van der Waals surface area contributed by atoms with Gasteiger partial charge in [-0.3, -0.25) is 9.59 Å². The molecule has 236 valence electrons. The van der Waals surface area contributed by atoms with Crippen molar-refractivity contribution in [3.8, 4) is 0 Å². The fourth-order valence-electron chi connectivity index (χ4n) is 5.44. The largest absolute Gasteiger partial charge is 0.566 e. The van der Waals surface area contributed by atoms with Crippen molar-refractivity contribution >= 4 is 19.8 Å². The molecule has 6 heteroatoms. The molecule has 2 unspecified atom stereocenters. The van der Waals surface area contributed by atoms with E-state index in [4.69, 9.17) is 4.52 Å². The molecule has 0 aliphatic carbocycles. The lowest BCUT2D eigenvalue weighted by Crippen LogP contribution is -2.26. The van der Waals surface area contributed by atoms with Gasteiger partial charge in [0.25, 0.3) is 0 Å². The van der Waals surface area contributed by atoms with Crippen LogP contribution in [0.3, 0.4) is 0 Å². The lowest BCUT2D eigenvalue weighted by Gasteiger charge is -2.10. The summed E-state index contributed by atoms with van der Waals surface area (Å²) in [4.78, 5) is 36.1. The molecule has 0 saturated carbocycles. The fourth-order valence-corrected chi connectivity index (χ4v) is 5.84. The zero-order valence-corrected chi connectivity index (χ0v) is 27.5. The van der Waals surface area contributed by atoms with Crippen molar-refractivity contribution in [3.05, 3.63) is 0 Å². The average molecular weight is 585 g/mol. The number of Topliss-reactive ketones (excluding diaryl/α,β-unsaturated/α-hetero) is 2. The standard InChI is InChI=1S/C34H65O5P/c1-3-5-7-9-11-13-15-17-19-21-23-25-27-29-32(35)31-34(39-40(37)38)33(36)30-28-26-24-22-20-18-16-14-12-10-8-6-4-2/h34H,3-31H2,1-2H3. The third-order valence-electron chi connectivity index (χ3n) is 8.07. The SMILES string of the molecule is CCCCCCCCCCCCCCCC(=O)CC(O[P+](=O)[O-])C(=O)CCCCCCCCCCCCCCC. The Morgan fingerprint density at radius 1 is 0.525 bits per heavy atom. The molecule has 2 atom stereocenters. The Balaban J connectivity index is 3.79. The average Bonchev–Trinajstić information content (AvgIpc) is 2.93. The third kappa shape index (κ3) is 28.9. The van der Waals surface area contributed by atoms with Crippen molar-refractivity contribution in [3.63, 3.8) is 0 Å². The van der Waals surface area contributed by atoms with Gasteiger partial charge >= 0.3 is 8.25 Å². The van der Waals surface area contributed by atoms with Crippen molar-refractivity contribution in [1.82, 2.24) is 0 Å². The molecule has 0 heterocycles. The Bertz CT molecular complexity index is 595. The van der Waals surface area contributed by atoms with E-state index in [1.807, 2.05) is 0 Å². The van der Waals surface area contributed by atoms with Gasteiger partial charge in [-0.1, -0.05) is 168 Å². The van der Waals surface area contributed by atoms with Crippen molar-refractivity contribution < 1.29 is 23.6 Å². The first-order chi connectivity index (χ1) is 19.5. The predicted octanol–water partition coefficient (Wildman–Crippen LogP) is 10.9. The van der Waals surface area contributed by atoms with Crippen LogP contribution >= 0.6 is 8.25 Å². The van der Waals surface area contributed by atoms with Crippen LogP contribution in [0.25, 0.3) is 0 Å². The van der Waals surface area contributed by atoms with Gasteiger partial charge in [0.05, 0.1) is 0 Å². The molecule has 0 aromatic rings. The van der Waals surface area contributed by atoms with Crippen LogP contribution < -0.4 is 4.89 Å². The van der Waals surface area contributed by atoms with Crippen LogP contribution in [0.5, 0.6) is 0 Å². The minimum atomic E-state index is -3.14. The van der Waals surface area contributed by atoms with E-state index >= 15 is 0 Å². The minimum absolute atomic E-state index is 0.0661.